The molecule has 0 aromatic heterocycles. The Hall–Kier alpha value is -9.32. The summed E-state index contributed by atoms with van der Waals surface area (Å²) in [6.07, 6.45) is 0.847. The molecule has 77 heavy (non-hydrogen) atoms. The van der Waals surface area contributed by atoms with Crippen LogP contribution in [-0.2, 0) is 31.9 Å². The third kappa shape index (κ3) is 21.2. The normalized spacial score (nSPS) is 9.83. The summed E-state index contributed by atoms with van der Waals surface area (Å²) < 4.78 is 10.4. The molecule has 18 nitrogen and oxygen atoms in total. The number of hydrazine groups is 4. The van der Waals surface area contributed by atoms with E-state index in [2.05, 4.69) is 5.43 Å². The van der Waals surface area contributed by atoms with E-state index in [1.807, 2.05) is 84.9 Å². The van der Waals surface area contributed by atoms with Crippen LogP contribution in [0.2, 0.25) is 0 Å². The van der Waals surface area contributed by atoms with E-state index in [9.17, 15) is 38.4 Å². The fraction of sp³-hybridized carbons (Fsp3) is 0.254. The van der Waals surface area contributed by atoms with E-state index in [-0.39, 0.29) is 48.7 Å². The predicted octanol–water partition coefficient (Wildman–Crippen LogP) is 8.71. The highest BCUT2D eigenvalue weighted by Gasteiger charge is 2.23. The Balaban J connectivity index is 0.000000279. The van der Waals surface area contributed by atoms with E-state index in [1.54, 1.807) is 139 Å². The average Bonchev–Trinajstić information content (AvgIpc) is 3.48. The summed E-state index contributed by atoms with van der Waals surface area (Å²) >= 11 is 0. The third-order valence-corrected chi connectivity index (χ3v) is 11.4. The molecular formula is C59H70N8O10. The molecule has 6 aromatic carbocycles. The second-order valence-electron chi connectivity index (χ2n) is 16.7. The molecule has 0 aliphatic rings. The monoisotopic (exact) mass is 1050 g/mol. The SMILES string of the molecule is CCC(=O)N(C)N(C)C(=O)CC.CN(C(=O)OCCc1ccccc1)N(C)C(=O)OCCc1ccccc1.CN(C(=O)c1ccccc1)N(C)C(=O)c1ccccc1.CN(NC(=O)c1ccccc1)C(=O)c1ccccc1. The van der Waals surface area contributed by atoms with Crippen LogP contribution in [-0.4, -0.2) is 145 Å². The van der Waals surface area contributed by atoms with Gasteiger partial charge in [0.05, 0.1) is 13.2 Å². The van der Waals surface area contributed by atoms with Gasteiger partial charge in [0.15, 0.2) is 0 Å². The molecule has 0 fully saturated rings. The summed E-state index contributed by atoms with van der Waals surface area (Å²) in [5.41, 5.74) is 6.82. The Morgan fingerprint density at radius 1 is 0.351 bits per heavy atom. The first kappa shape index (κ1) is 62.0. The number of rotatable bonds is 12. The minimum atomic E-state index is -0.608. The lowest BCUT2D eigenvalue weighted by atomic mass is 10.2. The third-order valence-electron chi connectivity index (χ3n) is 11.4. The number of nitrogens with zero attached hydrogens (tertiary/aromatic N) is 7. The van der Waals surface area contributed by atoms with Gasteiger partial charge in [-0.25, -0.2) is 19.6 Å². The van der Waals surface area contributed by atoms with Crippen LogP contribution in [0.15, 0.2) is 182 Å². The van der Waals surface area contributed by atoms with E-state index < -0.39 is 12.2 Å². The number of hydrogen-bond acceptors (Lipinski definition) is 10. The lowest BCUT2D eigenvalue weighted by molar-refractivity contribution is -0.157. The summed E-state index contributed by atoms with van der Waals surface area (Å²) in [4.78, 5) is 94.7. The maximum atomic E-state index is 12.3. The highest BCUT2D eigenvalue weighted by Crippen LogP contribution is 2.10. The van der Waals surface area contributed by atoms with Crippen LogP contribution < -0.4 is 5.43 Å². The van der Waals surface area contributed by atoms with Gasteiger partial charge in [-0.1, -0.05) is 147 Å². The van der Waals surface area contributed by atoms with E-state index in [1.165, 1.54) is 46.2 Å². The molecule has 0 saturated heterocycles. The molecule has 6 rings (SSSR count). The van der Waals surface area contributed by atoms with Crippen molar-refractivity contribution in [3.05, 3.63) is 215 Å². The number of nitrogens with one attached hydrogen (secondary N) is 1. The highest BCUT2D eigenvalue weighted by atomic mass is 16.6. The first-order valence-electron chi connectivity index (χ1n) is 24.7. The van der Waals surface area contributed by atoms with E-state index in [4.69, 9.17) is 9.47 Å². The van der Waals surface area contributed by atoms with Crippen molar-refractivity contribution in [1.82, 2.24) is 40.5 Å². The Morgan fingerprint density at radius 3 is 0.922 bits per heavy atom. The van der Waals surface area contributed by atoms with Crippen molar-refractivity contribution in [1.29, 1.82) is 0 Å². The fourth-order valence-electron chi connectivity index (χ4n) is 6.46. The molecule has 1 N–H and O–H groups in total. The van der Waals surface area contributed by atoms with E-state index in [0.29, 0.717) is 47.9 Å². The smallest absolute Gasteiger partial charge is 0.428 e. The standard InChI is InChI=1S/C20H24N2O4.C16H16N2O2.C15H14N2O2.C8H16N2O2/c1-21(19(23)25-15-13-17-9-5-3-6-10-17)22(2)20(24)26-16-14-18-11-7-4-8-12-18;1-17(15(19)13-9-5-3-6-10-13)18(2)16(20)14-11-7-4-8-12-14;1-17(15(19)13-10-6-3-7-11-13)16-14(18)12-8-4-2-5-9-12;1-5-7(11)9(3)10(4)8(12)6-2/h3-12H,13-16H2,1-2H3;3-12H,1-2H3;2-11H,1H3,(H,16,18);5-6H2,1-4H3. The number of carbonyl (C=O) groups is 8. The number of ether oxygens (including phenoxy) is 2. The summed E-state index contributed by atoms with van der Waals surface area (Å²) in [6.45, 7) is 4.01. The number of hydrogen-bond donors (Lipinski definition) is 1. The summed E-state index contributed by atoms with van der Waals surface area (Å²) in [5.74, 6) is -1.13. The average molecular weight is 1050 g/mol. The second kappa shape index (κ2) is 33.5. The van der Waals surface area contributed by atoms with Gasteiger partial charge < -0.3 is 9.47 Å². The van der Waals surface area contributed by atoms with Crippen molar-refractivity contribution in [3.63, 3.8) is 0 Å². The maximum Gasteiger partial charge on any atom is 0.428 e. The van der Waals surface area contributed by atoms with Crippen LogP contribution in [0.1, 0.15) is 79.2 Å². The number of benzene rings is 6. The van der Waals surface area contributed by atoms with Crippen LogP contribution in [0, 0.1) is 0 Å². The van der Waals surface area contributed by atoms with Crippen molar-refractivity contribution in [2.75, 3.05) is 62.5 Å². The van der Waals surface area contributed by atoms with Crippen molar-refractivity contribution >= 4 is 47.6 Å². The van der Waals surface area contributed by atoms with Gasteiger partial charge in [0, 0.05) is 97.3 Å². The molecule has 0 radical (unpaired) electrons. The van der Waals surface area contributed by atoms with Crippen molar-refractivity contribution in [3.8, 4) is 0 Å². The molecule has 18 heteroatoms. The molecule has 0 unspecified atom stereocenters. The molecule has 0 heterocycles. The van der Waals surface area contributed by atoms with Crippen molar-refractivity contribution in [2.24, 2.45) is 0 Å². The van der Waals surface area contributed by atoms with Crippen LogP contribution in [0.3, 0.4) is 0 Å². The first-order chi connectivity index (χ1) is 36.9. The summed E-state index contributed by atoms with van der Waals surface area (Å²) in [6, 6.07) is 54.7. The molecule has 0 aliphatic carbocycles. The number of carbonyl (C=O) groups excluding carboxylic acids is 8. The Labute approximate surface area is 451 Å². The minimum Gasteiger partial charge on any atom is -0.448 e. The lowest BCUT2D eigenvalue weighted by Crippen LogP contribution is -2.45. The van der Waals surface area contributed by atoms with Crippen LogP contribution in [0.25, 0.3) is 0 Å². The second-order valence-corrected chi connectivity index (χ2v) is 16.7. The quantitative estimate of drug-likeness (QED) is 0.116. The largest absolute Gasteiger partial charge is 0.448 e. The Kier molecular flexibility index (Phi) is 27.0. The molecule has 6 aromatic rings. The predicted molar refractivity (Wildman–Crippen MR) is 294 cm³/mol. The van der Waals surface area contributed by atoms with Gasteiger partial charge in [0.2, 0.25) is 11.8 Å². The molecule has 406 valence electrons. The molecule has 0 atom stereocenters. The number of amides is 8. The van der Waals surface area contributed by atoms with Crippen molar-refractivity contribution in [2.45, 2.75) is 39.5 Å². The fourth-order valence-corrected chi connectivity index (χ4v) is 6.46. The zero-order valence-electron chi connectivity index (χ0n) is 45.3. The summed E-state index contributed by atoms with van der Waals surface area (Å²) in [5, 5.41) is 8.67. The highest BCUT2D eigenvalue weighted by molar-refractivity contribution is 5.99. The zero-order chi connectivity index (χ0) is 56.7. The molecular weight excluding hydrogens is 981 g/mol. The lowest BCUT2D eigenvalue weighted by Gasteiger charge is -2.28. The minimum absolute atomic E-state index is 0.0562. The van der Waals surface area contributed by atoms with Gasteiger partial charge in [-0.3, -0.25) is 59.2 Å². The summed E-state index contributed by atoms with van der Waals surface area (Å²) in [7, 11) is 10.8. The maximum absolute atomic E-state index is 12.3. The Morgan fingerprint density at radius 2 is 0.623 bits per heavy atom. The van der Waals surface area contributed by atoms with Gasteiger partial charge in [-0.05, 0) is 59.7 Å². The first-order valence-corrected chi connectivity index (χ1v) is 24.7. The zero-order valence-corrected chi connectivity index (χ0v) is 45.3. The van der Waals surface area contributed by atoms with E-state index >= 15 is 0 Å². The molecule has 8 amide bonds. The molecule has 0 saturated carbocycles. The van der Waals surface area contributed by atoms with Gasteiger partial charge in [0.25, 0.3) is 23.6 Å². The molecule has 0 bridgehead atoms. The molecule has 0 spiro atoms. The van der Waals surface area contributed by atoms with Crippen molar-refractivity contribution < 1.29 is 47.8 Å². The van der Waals surface area contributed by atoms with E-state index in [0.717, 1.165) is 21.1 Å². The van der Waals surface area contributed by atoms with Crippen LogP contribution in [0.5, 0.6) is 0 Å². The van der Waals surface area contributed by atoms with Gasteiger partial charge in [-0.15, -0.1) is 0 Å². The molecule has 0 aliphatic heterocycles. The van der Waals surface area contributed by atoms with Gasteiger partial charge >= 0.3 is 12.2 Å². The van der Waals surface area contributed by atoms with Gasteiger partial charge in [-0.2, -0.15) is 0 Å². The Bertz CT molecular complexity index is 2620. The van der Waals surface area contributed by atoms with Gasteiger partial charge in [0.1, 0.15) is 0 Å². The van der Waals surface area contributed by atoms with Crippen LogP contribution >= 0.6 is 0 Å². The van der Waals surface area contributed by atoms with Crippen LogP contribution in [0.4, 0.5) is 9.59 Å². The topological polar surface area (TPSA) is 190 Å².